The molecule has 2 bridgehead atoms. The summed E-state index contributed by atoms with van der Waals surface area (Å²) in [6, 6.07) is 0. The van der Waals surface area contributed by atoms with Gasteiger partial charge in [-0.05, 0) is 41.9 Å². The van der Waals surface area contributed by atoms with E-state index in [0.29, 0.717) is 29.0 Å². The van der Waals surface area contributed by atoms with E-state index in [-0.39, 0.29) is 12.2 Å². The lowest BCUT2D eigenvalue weighted by molar-refractivity contribution is -0.126. The Bertz CT molecular complexity index is 564. The van der Waals surface area contributed by atoms with Crippen molar-refractivity contribution in [3.8, 4) is 6.19 Å². The first-order valence-electron chi connectivity index (χ1n) is 8.29. The van der Waals surface area contributed by atoms with Crippen molar-refractivity contribution in [2.45, 2.75) is 40.0 Å². The number of hydrogen-bond acceptors (Lipinski definition) is 3. The Balaban J connectivity index is 1.88. The summed E-state index contributed by atoms with van der Waals surface area (Å²) < 4.78 is 36.9. The maximum absolute atomic E-state index is 12.8. The molecule has 0 heterocycles. The molecule has 3 aliphatic rings. The molecule has 3 nitrogen and oxygen atoms in total. The van der Waals surface area contributed by atoms with Gasteiger partial charge in [0, 0.05) is 18.7 Å². The number of nitrogens with zero attached hydrogens (tertiary/aromatic N) is 2. The molecule has 0 aromatic carbocycles. The molecule has 7 heteroatoms. The molecule has 0 saturated heterocycles. The quantitative estimate of drug-likeness (QED) is 0.328. The molecule has 0 aliphatic heterocycles. The molecule has 4 atom stereocenters. The maximum atomic E-state index is 12.8. The molecule has 4 unspecified atom stereocenters. The highest BCUT2D eigenvalue weighted by Gasteiger charge is 2.55. The summed E-state index contributed by atoms with van der Waals surface area (Å²) >= 11 is 1.10. The largest absolute Gasteiger partial charge is 0.301 e. The Hall–Kier alpha value is -1.16. The Morgan fingerprint density at radius 2 is 2.04 bits per heavy atom. The Morgan fingerprint density at radius 1 is 1.33 bits per heavy atom. The number of amidine groups is 1. The number of nitriles is 1. The highest BCUT2D eigenvalue weighted by molar-refractivity contribution is 8.13. The molecular formula is C17H24F3N3S. The molecular weight excluding hydrogens is 335 g/mol. The fraction of sp³-hybridized carbons (Fsp3) is 0.765. The highest BCUT2D eigenvalue weighted by atomic mass is 32.2. The van der Waals surface area contributed by atoms with Crippen molar-refractivity contribution in [3.05, 3.63) is 11.9 Å². The van der Waals surface area contributed by atoms with Crippen molar-refractivity contribution in [2.24, 2.45) is 34.1 Å². The summed E-state index contributed by atoms with van der Waals surface area (Å²) in [7, 11) is 0. The van der Waals surface area contributed by atoms with Crippen molar-refractivity contribution >= 4 is 16.9 Å². The van der Waals surface area contributed by atoms with Crippen molar-refractivity contribution < 1.29 is 13.2 Å². The molecule has 3 fully saturated rings. The van der Waals surface area contributed by atoms with Gasteiger partial charge in [-0.15, -0.1) is 0 Å². The minimum atomic E-state index is -2.28. The maximum Gasteiger partial charge on any atom is 0.301 e. The van der Waals surface area contributed by atoms with Gasteiger partial charge in [0.2, 0.25) is 0 Å². The fourth-order valence-corrected chi connectivity index (χ4v) is 4.96. The zero-order valence-electron chi connectivity index (χ0n) is 14.3. The van der Waals surface area contributed by atoms with E-state index >= 15 is 0 Å². The predicted molar refractivity (Wildman–Crippen MR) is 91.1 cm³/mol. The Morgan fingerprint density at radius 3 is 2.58 bits per heavy atom. The van der Waals surface area contributed by atoms with Crippen LogP contribution in [-0.2, 0) is 0 Å². The van der Waals surface area contributed by atoms with Gasteiger partial charge in [-0.25, -0.2) is 4.39 Å². The van der Waals surface area contributed by atoms with Gasteiger partial charge in [0.15, 0.2) is 17.2 Å². The van der Waals surface area contributed by atoms with E-state index in [1.54, 1.807) is 6.19 Å². The predicted octanol–water partition coefficient (Wildman–Crippen LogP) is 4.93. The van der Waals surface area contributed by atoms with Crippen LogP contribution in [0.5, 0.6) is 0 Å². The summed E-state index contributed by atoms with van der Waals surface area (Å²) in [4.78, 5) is 4.45. The lowest BCUT2D eigenvalue weighted by Gasteiger charge is -2.62. The van der Waals surface area contributed by atoms with E-state index in [4.69, 9.17) is 5.26 Å². The number of hydrogen-bond donors (Lipinski definition) is 1. The van der Waals surface area contributed by atoms with Crippen LogP contribution in [0.4, 0.5) is 13.2 Å². The molecule has 24 heavy (non-hydrogen) atoms. The second kappa shape index (κ2) is 7.81. The number of halogens is 3. The van der Waals surface area contributed by atoms with Gasteiger partial charge in [0.25, 0.3) is 0 Å². The van der Waals surface area contributed by atoms with Gasteiger partial charge in [-0.1, -0.05) is 32.5 Å². The summed E-state index contributed by atoms with van der Waals surface area (Å²) in [5.74, 6) is 1.26. The molecule has 3 aliphatic carbocycles. The van der Waals surface area contributed by atoms with Crippen LogP contribution in [-0.4, -0.2) is 17.5 Å². The van der Waals surface area contributed by atoms with E-state index in [0.717, 1.165) is 30.0 Å². The summed E-state index contributed by atoms with van der Waals surface area (Å²) in [5.41, 5.74) is 0.419. The van der Waals surface area contributed by atoms with Crippen molar-refractivity contribution in [2.75, 3.05) is 12.3 Å². The summed E-state index contributed by atoms with van der Waals surface area (Å²) in [6.45, 7) is 7.58. The third-order valence-electron chi connectivity index (χ3n) is 5.91. The molecule has 0 aromatic rings. The van der Waals surface area contributed by atoms with E-state index < -0.39 is 11.9 Å². The van der Waals surface area contributed by atoms with Crippen LogP contribution in [0.25, 0.3) is 0 Å². The highest BCUT2D eigenvalue weighted by Crippen LogP contribution is 2.62. The van der Waals surface area contributed by atoms with Gasteiger partial charge in [-0.3, -0.25) is 10.3 Å². The molecule has 3 saturated carbocycles. The number of fused-ring (bicyclic) bond motifs is 2. The van der Waals surface area contributed by atoms with Gasteiger partial charge in [0.05, 0.1) is 0 Å². The van der Waals surface area contributed by atoms with Crippen molar-refractivity contribution in [1.82, 2.24) is 5.32 Å². The fourth-order valence-electron chi connectivity index (χ4n) is 4.20. The molecule has 134 valence electrons. The average Bonchev–Trinajstić information content (AvgIpc) is 2.52. The molecule has 0 amide bonds. The van der Waals surface area contributed by atoms with E-state index in [2.05, 4.69) is 31.1 Å². The lowest BCUT2D eigenvalue weighted by atomic mass is 9.43. The zero-order chi connectivity index (χ0) is 17.9. The third-order valence-corrected chi connectivity index (χ3v) is 6.82. The molecule has 1 N–H and O–H groups in total. The Labute approximate surface area is 145 Å². The average molecular weight is 359 g/mol. The van der Waals surface area contributed by atoms with E-state index in [1.165, 1.54) is 6.42 Å². The van der Waals surface area contributed by atoms with E-state index in [1.807, 2.05) is 0 Å². The van der Waals surface area contributed by atoms with Crippen LogP contribution in [0, 0.1) is 40.5 Å². The van der Waals surface area contributed by atoms with Crippen LogP contribution < -0.4 is 5.32 Å². The smallest absolute Gasteiger partial charge is 0.272 e. The SMILES string of the molecule is CC1C(CN=C(NC#N)SCCC(F)=C(F)F)CC2CC1C2(C)C. The lowest BCUT2D eigenvalue weighted by Crippen LogP contribution is -2.55. The monoisotopic (exact) mass is 359 g/mol. The standard InChI is InChI=1S/C17H24F3N3S/c1-10-11(6-12-7-13(10)17(12,2)3)8-22-16(23-9-21)24-5-4-14(18)15(19)20/h10-13H,4-8H2,1-3H3,(H,22,23). The Kier molecular flexibility index (Phi) is 6.24. The first-order chi connectivity index (χ1) is 11.3. The topological polar surface area (TPSA) is 48.2 Å². The minimum absolute atomic E-state index is 0.120. The van der Waals surface area contributed by atoms with Crippen LogP contribution in [0.1, 0.15) is 40.0 Å². The molecule has 0 radical (unpaired) electrons. The molecule has 0 spiro atoms. The molecule has 3 rings (SSSR count). The van der Waals surface area contributed by atoms with Gasteiger partial charge >= 0.3 is 6.08 Å². The first kappa shape index (κ1) is 19.2. The third kappa shape index (κ3) is 4.08. The van der Waals surface area contributed by atoms with Gasteiger partial charge in [0.1, 0.15) is 0 Å². The van der Waals surface area contributed by atoms with Crippen LogP contribution in [0.15, 0.2) is 16.9 Å². The van der Waals surface area contributed by atoms with E-state index in [9.17, 15) is 13.2 Å². The van der Waals surface area contributed by atoms with Crippen LogP contribution in [0.3, 0.4) is 0 Å². The van der Waals surface area contributed by atoms with Gasteiger partial charge < -0.3 is 0 Å². The normalized spacial score (nSPS) is 31.0. The van der Waals surface area contributed by atoms with Crippen LogP contribution in [0.2, 0.25) is 0 Å². The van der Waals surface area contributed by atoms with Crippen molar-refractivity contribution in [1.29, 1.82) is 5.26 Å². The number of aliphatic imine (C=N–C) groups is 1. The number of rotatable bonds is 5. The molecule has 0 aromatic heterocycles. The van der Waals surface area contributed by atoms with Gasteiger partial charge in [-0.2, -0.15) is 14.0 Å². The first-order valence-corrected chi connectivity index (χ1v) is 9.27. The second-order valence-electron chi connectivity index (χ2n) is 7.36. The van der Waals surface area contributed by atoms with Crippen molar-refractivity contribution in [3.63, 3.8) is 0 Å². The van der Waals surface area contributed by atoms with Crippen LogP contribution >= 0.6 is 11.8 Å². The second-order valence-corrected chi connectivity index (χ2v) is 8.45. The zero-order valence-corrected chi connectivity index (χ0v) is 15.1. The number of thioether (sulfide) groups is 1. The summed E-state index contributed by atoms with van der Waals surface area (Å²) in [5, 5.41) is 11.6. The number of allylic oxidation sites excluding steroid dienone is 1. The summed E-state index contributed by atoms with van der Waals surface area (Å²) in [6.07, 6.45) is 1.60. The minimum Gasteiger partial charge on any atom is -0.272 e. The number of nitrogens with one attached hydrogen (secondary N) is 1.